The quantitative estimate of drug-likeness (QED) is 0.895. The van der Waals surface area contributed by atoms with Crippen LogP contribution in [-0.4, -0.2) is 21.9 Å². The normalized spacial score (nSPS) is 27.2. The first-order chi connectivity index (χ1) is 9.01. The highest BCUT2D eigenvalue weighted by molar-refractivity contribution is 7.99. The lowest BCUT2D eigenvalue weighted by atomic mass is 9.82. The van der Waals surface area contributed by atoms with Gasteiger partial charge in [0.15, 0.2) is 0 Å². The van der Waals surface area contributed by atoms with Gasteiger partial charge in [0.1, 0.15) is 5.54 Å². The second kappa shape index (κ2) is 6.16. The summed E-state index contributed by atoms with van der Waals surface area (Å²) < 4.78 is 0. The molecule has 0 saturated heterocycles. The summed E-state index contributed by atoms with van der Waals surface area (Å²) in [5.41, 5.74) is 6.00. The molecular formula is C14H18ClNO2S. The van der Waals surface area contributed by atoms with Gasteiger partial charge < -0.3 is 10.8 Å². The van der Waals surface area contributed by atoms with Crippen LogP contribution in [0.4, 0.5) is 0 Å². The Morgan fingerprint density at radius 1 is 1.53 bits per heavy atom. The molecule has 1 aromatic carbocycles. The molecule has 1 aliphatic rings. The van der Waals surface area contributed by atoms with Gasteiger partial charge in [-0.2, -0.15) is 11.8 Å². The average molecular weight is 300 g/mol. The van der Waals surface area contributed by atoms with E-state index in [9.17, 15) is 9.90 Å². The first-order valence-electron chi connectivity index (χ1n) is 6.38. The number of benzene rings is 1. The number of hydrogen-bond acceptors (Lipinski definition) is 3. The molecule has 0 spiro atoms. The summed E-state index contributed by atoms with van der Waals surface area (Å²) in [5.74, 6) is -0.0735. The van der Waals surface area contributed by atoms with Gasteiger partial charge >= 0.3 is 5.97 Å². The van der Waals surface area contributed by atoms with Gasteiger partial charge in [-0.15, -0.1) is 0 Å². The standard InChI is InChI=1S/C14H18ClNO2S/c15-12-6-2-1-4-10(12)9-19-11-5-3-7-14(16,8-11)13(17)18/h1-2,4,6,11H,3,5,7-9,16H2,(H,17,18). The Balaban J connectivity index is 1.93. The van der Waals surface area contributed by atoms with Crippen LogP contribution in [0.25, 0.3) is 0 Å². The lowest BCUT2D eigenvalue weighted by Gasteiger charge is -2.34. The van der Waals surface area contributed by atoms with Crippen molar-refractivity contribution in [2.45, 2.75) is 42.2 Å². The van der Waals surface area contributed by atoms with Crippen molar-refractivity contribution in [3.8, 4) is 0 Å². The lowest BCUT2D eigenvalue weighted by molar-refractivity contribution is -0.144. The van der Waals surface area contributed by atoms with E-state index in [1.54, 1.807) is 11.8 Å². The topological polar surface area (TPSA) is 63.3 Å². The van der Waals surface area contributed by atoms with Crippen molar-refractivity contribution >= 4 is 29.3 Å². The molecule has 2 unspecified atom stereocenters. The molecule has 0 amide bonds. The van der Waals surface area contributed by atoms with E-state index in [2.05, 4.69) is 0 Å². The molecule has 1 aliphatic carbocycles. The fourth-order valence-electron chi connectivity index (χ4n) is 2.42. The molecule has 3 N–H and O–H groups in total. The predicted molar refractivity (Wildman–Crippen MR) is 79.6 cm³/mol. The van der Waals surface area contributed by atoms with Crippen LogP contribution in [0.15, 0.2) is 24.3 Å². The predicted octanol–water partition coefficient (Wildman–Crippen LogP) is 3.30. The highest BCUT2D eigenvalue weighted by Gasteiger charge is 2.39. The summed E-state index contributed by atoms with van der Waals surface area (Å²) in [6.45, 7) is 0. The van der Waals surface area contributed by atoms with Crippen molar-refractivity contribution in [2.75, 3.05) is 0 Å². The molecule has 2 rings (SSSR count). The minimum absolute atomic E-state index is 0.297. The molecule has 0 bridgehead atoms. The fraction of sp³-hybridized carbons (Fsp3) is 0.500. The Morgan fingerprint density at radius 2 is 2.26 bits per heavy atom. The molecular weight excluding hydrogens is 282 g/mol. The summed E-state index contributed by atoms with van der Waals surface area (Å²) in [4.78, 5) is 11.2. The van der Waals surface area contributed by atoms with Crippen LogP contribution in [0.3, 0.4) is 0 Å². The zero-order chi connectivity index (χ0) is 13.9. The summed E-state index contributed by atoms with van der Waals surface area (Å²) in [6.07, 6.45) is 3.02. The molecule has 19 heavy (non-hydrogen) atoms. The maximum atomic E-state index is 11.2. The van der Waals surface area contributed by atoms with Crippen LogP contribution in [0, 0.1) is 0 Å². The van der Waals surface area contributed by atoms with E-state index in [0.717, 1.165) is 29.2 Å². The van der Waals surface area contributed by atoms with Crippen LogP contribution in [-0.2, 0) is 10.5 Å². The van der Waals surface area contributed by atoms with Gasteiger partial charge in [0.25, 0.3) is 0 Å². The van der Waals surface area contributed by atoms with E-state index >= 15 is 0 Å². The van der Waals surface area contributed by atoms with Crippen LogP contribution in [0.1, 0.15) is 31.2 Å². The molecule has 0 radical (unpaired) electrons. The number of halogens is 1. The van der Waals surface area contributed by atoms with Gasteiger partial charge in [0.05, 0.1) is 0 Å². The van der Waals surface area contributed by atoms with Crippen molar-refractivity contribution in [3.05, 3.63) is 34.9 Å². The highest BCUT2D eigenvalue weighted by atomic mass is 35.5. The Morgan fingerprint density at radius 3 is 2.95 bits per heavy atom. The molecule has 0 heterocycles. The molecule has 1 saturated carbocycles. The van der Waals surface area contributed by atoms with E-state index < -0.39 is 11.5 Å². The van der Waals surface area contributed by atoms with E-state index in [-0.39, 0.29) is 0 Å². The fourth-order valence-corrected chi connectivity index (χ4v) is 4.11. The van der Waals surface area contributed by atoms with Gasteiger partial charge in [-0.1, -0.05) is 29.8 Å². The Bertz CT molecular complexity index is 469. The van der Waals surface area contributed by atoms with Crippen molar-refractivity contribution < 1.29 is 9.90 Å². The number of carboxylic acids is 1. The van der Waals surface area contributed by atoms with Crippen molar-refractivity contribution in [1.29, 1.82) is 0 Å². The molecule has 3 nitrogen and oxygen atoms in total. The van der Waals surface area contributed by atoms with E-state index in [0.29, 0.717) is 18.1 Å². The summed E-state index contributed by atoms with van der Waals surface area (Å²) in [7, 11) is 0. The summed E-state index contributed by atoms with van der Waals surface area (Å²) in [6, 6.07) is 7.76. The molecule has 0 aliphatic heterocycles. The van der Waals surface area contributed by atoms with Gasteiger partial charge in [0, 0.05) is 16.0 Å². The first kappa shape index (κ1) is 14.7. The third kappa shape index (κ3) is 3.65. The average Bonchev–Trinajstić information content (AvgIpc) is 2.38. The van der Waals surface area contributed by atoms with E-state index in [1.807, 2.05) is 24.3 Å². The minimum Gasteiger partial charge on any atom is -0.480 e. The van der Waals surface area contributed by atoms with Gasteiger partial charge in [0.2, 0.25) is 0 Å². The number of hydrogen-bond donors (Lipinski definition) is 2. The zero-order valence-electron chi connectivity index (χ0n) is 10.6. The van der Waals surface area contributed by atoms with Crippen LogP contribution in [0.2, 0.25) is 5.02 Å². The molecule has 104 valence electrons. The Hall–Kier alpha value is -0.710. The minimum atomic E-state index is -1.05. The van der Waals surface area contributed by atoms with Crippen molar-refractivity contribution in [1.82, 2.24) is 0 Å². The summed E-state index contributed by atoms with van der Waals surface area (Å²) in [5, 5.41) is 10.3. The molecule has 5 heteroatoms. The maximum Gasteiger partial charge on any atom is 0.323 e. The second-order valence-corrected chi connectivity index (χ2v) is 6.78. The third-order valence-corrected chi connectivity index (χ3v) is 5.32. The number of rotatable bonds is 4. The number of carboxylic acid groups (broad SMARTS) is 1. The number of carbonyl (C=O) groups is 1. The molecule has 0 aromatic heterocycles. The highest BCUT2D eigenvalue weighted by Crippen LogP contribution is 2.36. The first-order valence-corrected chi connectivity index (χ1v) is 7.81. The monoisotopic (exact) mass is 299 g/mol. The van der Waals surface area contributed by atoms with Crippen molar-refractivity contribution in [3.63, 3.8) is 0 Å². The van der Waals surface area contributed by atoms with E-state index in [4.69, 9.17) is 17.3 Å². The van der Waals surface area contributed by atoms with Gasteiger partial charge in [-0.25, -0.2) is 0 Å². The van der Waals surface area contributed by atoms with E-state index in [1.165, 1.54) is 0 Å². The van der Waals surface area contributed by atoms with Gasteiger partial charge in [-0.05, 0) is 37.3 Å². The van der Waals surface area contributed by atoms with Gasteiger partial charge in [-0.3, -0.25) is 4.79 Å². The second-order valence-electron chi connectivity index (χ2n) is 5.08. The molecule has 1 fully saturated rings. The molecule has 1 aromatic rings. The number of thioether (sulfide) groups is 1. The third-order valence-electron chi connectivity index (χ3n) is 3.60. The Kier molecular flexibility index (Phi) is 4.76. The van der Waals surface area contributed by atoms with Crippen LogP contribution < -0.4 is 5.73 Å². The maximum absolute atomic E-state index is 11.2. The lowest BCUT2D eigenvalue weighted by Crippen LogP contribution is -2.51. The smallest absolute Gasteiger partial charge is 0.323 e. The molecule has 2 atom stereocenters. The number of aliphatic carboxylic acids is 1. The number of nitrogens with two attached hydrogens (primary N) is 1. The Labute approximate surface area is 122 Å². The largest absolute Gasteiger partial charge is 0.480 e. The van der Waals surface area contributed by atoms with Crippen LogP contribution >= 0.6 is 23.4 Å². The van der Waals surface area contributed by atoms with Crippen molar-refractivity contribution in [2.24, 2.45) is 5.73 Å². The van der Waals surface area contributed by atoms with Crippen LogP contribution in [0.5, 0.6) is 0 Å². The summed E-state index contributed by atoms with van der Waals surface area (Å²) >= 11 is 7.87. The zero-order valence-corrected chi connectivity index (χ0v) is 12.2. The SMILES string of the molecule is NC1(C(=O)O)CCCC(SCc2ccccc2Cl)C1.